The van der Waals surface area contributed by atoms with E-state index in [1.165, 1.54) is 16.3 Å². The number of nitrogens with zero attached hydrogens (tertiary/aromatic N) is 2. The number of hydrogen-bond acceptors (Lipinski definition) is 3. The average molecular weight is 397 g/mol. The minimum Gasteiger partial charge on any atom is -0.481 e. The number of aliphatic carboxylic acids is 1. The van der Waals surface area contributed by atoms with Crippen LogP contribution in [0.15, 0.2) is 42.6 Å². The van der Waals surface area contributed by atoms with Gasteiger partial charge in [-0.25, -0.2) is 4.98 Å². The standard InChI is InChI=1S/C19H22N2O.C5H10O2/c1-5-13(2)19-20-12-18(22-4)21(19)17-11-10-14(3)15-8-6-7-9-16(15)17;1-5(2,3)4(6)7/h6-13H,5H2,1-4H3;1-3H3,(H,6,7). The molecule has 0 spiro atoms. The fraction of sp³-hybridized carbons (Fsp3) is 0.417. The lowest BCUT2D eigenvalue weighted by atomic mass is 9.98. The topological polar surface area (TPSA) is 64.3 Å². The molecule has 29 heavy (non-hydrogen) atoms. The second-order valence-electron chi connectivity index (χ2n) is 8.31. The number of imidazole rings is 1. The zero-order valence-electron chi connectivity index (χ0n) is 18.5. The Morgan fingerprint density at radius 2 is 1.76 bits per heavy atom. The van der Waals surface area contributed by atoms with Crippen LogP contribution in [0.4, 0.5) is 0 Å². The number of methoxy groups -OCH3 is 1. The van der Waals surface area contributed by atoms with Crippen LogP contribution in [0, 0.1) is 12.3 Å². The number of benzene rings is 2. The van der Waals surface area contributed by atoms with Gasteiger partial charge < -0.3 is 9.84 Å². The predicted molar refractivity (Wildman–Crippen MR) is 118 cm³/mol. The number of hydrogen-bond donors (Lipinski definition) is 1. The molecule has 0 aliphatic carbocycles. The summed E-state index contributed by atoms with van der Waals surface area (Å²) in [7, 11) is 1.70. The molecule has 156 valence electrons. The van der Waals surface area contributed by atoms with Gasteiger partial charge >= 0.3 is 5.97 Å². The van der Waals surface area contributed by atoms with Crippen LogP contribution in [0.1, 0.15) is 58.3 Å². The first-order valence-electron chi connectivity index (χ1n) is 9.95. The number of aryl methyl sites for hydroxylation is 1. The molecule has 0 fully saturated rings. The Morgan fingerprint density at radius 3 is 2.28 bits per heavy atom. The molecule has 0 bridgehead atoms. The van der Waals surface area contributed by atoms with Gasteiger partial charge in [0.05, 0.1) is 24.4 Å². The molecule has 5 heteroatoms. The Balaban J connectivity index is 0.000000370. The molecule has 0 aliphatic heterocycles. The molecule has 3 rings (SSSR count). The van der Waals surface area contributed by atoms with Gasteiger partial charge in [-0.15, -0.1) is 0 Å². The number of carboxylic acid groups (broad SMARTS) is 1. The second kappa shape index (κ2) is 9.12. The van der Waals surface area contributed by atoms with Gasteiger partial charge in [0.2, 0.25) is 5.88 Å². The zero-order chi connectivity index (χ0) is 21.8. The molecule has 0 saturated heterocycles. The van der Waals surface area contributed by atoms with E-state index < -0.39 is 11.4 Å². The predicted octanol–water partition coefficient (Wildman–Crippen LogP) is 5.97. The van der Waals surface area contributed by atoms with Gasteiger partial charge in [-0.3, -0.25) is 9.36 Å². The van der Waals surface area contributed by atoms with E-state index >= 15 is 0 Å². The lowest BCUT2D eigenvalue weighted by molar-refractivity contribution is -0.145. The lowest BCUT2D eigenvalue weighted by Gasteiger charge is -2.17. The number of rotatable bonds is 4. The monoisotopic (exact) mass is 396 g/mol. The maximum Gasteiger partial charge on any atom is 0.308 e. The summed E-state index contributed by atoms with van der Waals surface area (Å²) >= 11 is 0. The SMILES string of the molecule is CC(C)(C)C(=O)O.CCC(C)c1ncc(OC)n1-c1ccc(C)c2ccccc12. The van der Waals surface area contributed by atoms with E-state index in [9.17, 15) is 4.79 Å². The van der Waals surface area contributed by atoms with Crippen molar-refractivity contribution in [2.24, 2.45) is 5.41 Å². The first kappa shape index (κ1) is 22.5. The lowest BCUT2D eigenvalue weighted by Crippen LogP contribution is -2.18. The van der Waals surface area contributed by atoms with Gasteiger partial charge in [0.1, 0.15) is 5.82 Å². The van der Waals surface area contributed by atoms with Gasteiger partial charge in [-0.1, -0.05) is 44.2 Å². The van der Waals surface area contributed by atoms with Gasteiger partial charge in [-0.2, -0.15) is 0 Å². The highest BCUT2D eigenvalue weighted by Crippen LogP contribution is 2.32. The van der Waals surface area contributed by atoms with Crippen molar-refractivity contribution in [3.05, 3.63) is 54.0 Å². The molecular formula is C24H32N2O3. The molecule has 1 atom stereocenters. The summed E-state index contributed by atoms with van der Waals surface area (Å²) in [6.07, 6.45) is 2.86. The van der Waals surface area contributed by atoms with Crippen molar-refractivity contribution in [1.29, 1.82) is 0 Å². The van der Waals surface area contributed by atoms with Crippen molar-refractivity contribution >= 4 is 16.7 Å². The summed E-state index contributed by atoms with van der Waals surface area (Å²) in [5.74, 6) is 1.45. The van der Waals surface area contributed by atoms with E-state index in [1.807, 2.05) is 6.20 Å². The van der Waals surface area contributed by atoms with Crippen LogP contribution in [0.3, 0.4) is 0 Å². The van der Waals surface area contributed by atoms with E-state index in [-0.39, 0.29) is 0 Å². The molecule has 1 heterocycles. The zero-order valence-corrected chi connectivity index (χ0v) is 18.5. The summed E-state index contributed by atoms with van der Waals surface area (Å²) in [4.78, 5) is 14.6. The van der Waals surface area contributed by atoms with Gasteiger partial charge in [0.25, 0.3) is 0 Å². The van der Waals surface area contributed by atoms with Crippen molar-refractivity contribution < 1.29 is 14.6 Å². The minimum atomic E-state index is -0.757. The highest BCUT2D eigenvalue weighted by atomic mass is 16.5. The Kier molecular flexibility index (Phi) is 7.07. The Bertz CT molecular complexity index is 983. The summed E-state index contributed by atoms with van der Waals surface area (Å²) in [6, 6.07) is 12.8. The van der Waals surface area contributed by atoms with Crippen LogP contribution in [-0.4, -0.2) is 27.7 Å². The van der Waals surface area contributed by atoms with Crippen molar-refractivity contribution in [3.8, 4) is 11.6 Å². The normalized spacial score (nSPS) is 12.2. The summed E-state index contributed by atoms with van der Waals surface area (Å²) < 4.78 is 7.70. The quantitative estimate of drug-likeness (QED) is 0.590. The number of ether oxygens (including phenoxy) is 1. The third-order valence-electron chi connectivity index (χ3n) is 5.02. The Labute approximate surface area is 173 Å². The summed E-state index contributed by atoms with van der Waals surface area (Å²) in [5.41, 5.74) is 1.83. The number of carboxylic acids is 1. The molecular weight excluding hydrogens is 364 g/mol. The smallest absolute Gasteiger partial charge is 0.308 e. The van der Waals surface area contributed by atoms with Crippen LogP contribution in [0.25, 0.3) is 16.5 Å². The van der Waals surface area contributed by atoms with Crippen molar-refractivity contribution in [1.82, 2.24) is 9.55 Å². The number of carbonyl (C=O) groups is 1. The van der Waals surface area contributed by atoms with E-state index in [0.29, 0.717) is 5.92 Å². The third kappa shape index (κ3) is 4.97. The third-order valence-corrected chi connectivity index (χ3v) is 5.02. The Hall–Kier alpha value is -2.82. The van der Waals surface area contributed by atoms with Gasteiger partial charge in [-0.05, 0) is 51.1 Å². The van der Waals surface area contributed by atoms with Crippen LogP contribution >= 0.6 is 0 Å². The van der Waals surface area contributed by atoms with Crippen molar-refractivity contribution in [2.45, 2.75) is 53.9 Å². The van der Waals surface area contributed by atoms with E-state index in [0.717, 1.165) is 23.8 Å². The summed E-state index contributed by atoms with van der Waals surface area (Å²) in [6.45, 7) is 11.5. The summed E-state index contributed by atoms with van der Waals surface area (Å²) in [5, 5.41) is 10.7. The number of aromatic nitrogens is 2. The van der Waals surface area contributed by atoms with Gasteiger partial charge in [0, 0.05) is 11.3 Å². The fourth-order valence-corrected chi connectivity index (χ4v) is 2.89. The number of fused-ring (bicyclic) bond motifs is 1. The molecule has 3 aromatic rings. The molecule has 0 saturated carbocycles. The van der Waals surface area contributed by atoms with E-state index in [1.54, 1.807) is 27.9 Å². The highest BCUT2D eigenvalue weighted by molar-refractivity contribution is 5.92. The largest absolute Gasteiger partial charge is 0.481 e. The van der Waals surface area contributed by atoms with E-state index in [4.69, 9.17) is 9.84 Å². The van der Waals surface area contributed by atoms with Crippen LogP contribution < -0.4 is 4.74 Å². The molecule has 0 radical (unpaired) electrons. The molecule has 1 aromatic heterocycles. The van der Waals surface area contributed by atoms with Crippen LogP contribution in [0.5, 0.6) is 5.88 Å². The van der Waals surface area contributed by atoms with Crippen LogP contribution in [-0.2, 0) is 4.79 Å². The molecule has 0 amide bonds. The molecule has 2 aromatic carbocycles. The molecule has 1 unspecified atom stereocenters. The maximum absolute atomic E-state index is 10.0. The first-order chi connectivity index (χ1) is 13.6. The Morgan fingerprint density at radius 1 is 1.17 bits per heavy atom. The first-order valence-corrected chi connectivity index (χ1v) is 9.95. The minimum absolute atomic E-state index is 0.379. The van der Waals surface area contributed by atoms with E-state index in [2.05, 4.69) is 66.7 Å². The molecule has 0 aliphatic rings. The van der Waals surface area contributed by atoms with Crippen molar-refractivity contribution in [2.75, 3.05) is 7.11 Å². The van der Waals surface area contributed by atoms with Crippen LogP contribution in [0.2, 0.25) is 0 Å². The second-order valence-corrected chi connectivity index (χ2v) is 8.31. The van der Waals surface area contributed by atoms with Crippen molar-refractivity contribution in [3.63, 3.8) is 0 Å². The molecule has 5 nitrogen and oxygen atoms in total. The fourth-order valence-electron chi connectivity index (χ4n) is 2.89. The average Bonchev–Trinajstić information content (AvgIpc) is 3.11. The molecule has 1 N–H and O–H groups in total. The van der Waals surface area contributed by atoms with Gasteiger partial charge in [0.15, 0.2) is 0 Å². The maximum atomic E-state index is 10.0. The highest BCUT2D eigenvalue weighted by Gasteiger charge is 2.19.